The standard InChI is InChI=1S/2C6H5IO3S.Zn/c2*7-5-1-3-6(4-2-5)11(8,9)10;/h2*1-4H,(H,8,9,10);/q;;+2/p-2. The maximum absolute atomic E-state index is 10.4. The average molecular weight is 632 g/mol. The van der Waals surface area contributed by atoms with Crippen LogP contribution in [0.2, 0.25) is 0 Å². The van der Waals surface area contributed by atoms with E-state index in [0.29, 0.717) is 0 Å². The summed E-state index contributed by atoms with van der Waals surface area (Å²) in [7, 11) is -8.55. The zero-order valence-electron chi connectivity index (χ0n) is 11.3. The van der Waals surface area contributed by atoms with E-state index in [-0.39, 0.29) is 29.3 Å². The third kappa shape index (κ3) is 8.84. The van der Waals surface area contributed by atoms with Gasteiger partial charge in [-0.3, -0.25) is 0 Å². The topological polar surface area (TPSA) is 114 Å². The maximum atomic E-state index is 10.4. The Morgan fingerprint density at radius 1 is 0.609 bits per heavy atom. The van der Waals surface area contributed by atoms with Gasteiger partial charge in [-0.1, -0.05) is 0 Å². The summed E-state index contributed by atoms with van der Waals surface area (Å²) < 4.78 is 64.1. The van der Waals surface area contributed by atoms with E-state index in [1.165, 1.54) is 24.3 Å². The predicted molar refractivity (Wildman–Crippen MR) is 94.2 cm³/mol. The van der Waals surface area contributed by atoms with E-state index in [1.807, 2.05) is 45.2 Å². The fraction of sp³-hybridized carbons (Fsp3) is 0. The van der Waals surface area contributed by atoms with Gasteiger partial charge in [0, 0.05) is 7.14 Å². The fourth-order valence-corrected chi connectivity index (χ4v) is 2.86. The average Bonchev–Trinajstić information content (AvgIpc) is 2.38. The molecule has 2 aromatic rings. The van der Waals surface area contributed by atoms with E-state index in [1.54, 1.807) is 24.3 Å². The molecule has 23 heavy (non-hydrogen) atoms. The molecule has 0 fully saturated rings. The SMILES string of the molecule is O=S(=O)([O-])c1ccc(I)cc1.O=S(=O)([O-])c1ccc(I)cc1.[Zn+2]. The number of hydrogen-bond acceptors (Lipinski definition) is 6. The molecule has 6 nitrogen and oxygen atoms in total. The molecule has 0 saturated heterocycles. The fourth-order valence-electron chi connectivity index (χ4n) is 1.20. The summed E-state index contributed by atoms with van der Waals surface area (Å²) in [6, 6.07) is 11.5. The van der Waals surface area contributed by atoms with Gasteiger partial charge in [0.1, 0.15) is 20.2 Å². The molecule has 2 aromatic carbocycles. The Morgan fingerprint density at radius 2 is 0.826 bits per heavy atom. The summed E-state index contributed by atoms with van der Waals surface area (Å²) in [5.74, 6) is 0. The molecule has 0 spiro atoms. The summed E-state index contributed by atoms with van der Waals surface area (Å²) in [6.45, 7) is 0. The largest absolute Gasteiger partial charge is 2.00 e. The second kappa shape index (κ2) is 9.73. The van der Waals surface area contributed by atoms with Crippen LogP contribution in [0.4, 0.5) is 0 Å². The van der Waals surface area contributed by atoms with Crippen LogP contribution in [0.1, 0.15) is 0 Å². The molecular weight excluding hydrogens is 623 g/mol. The maximum Gasteiger partial charge on any atom is 2.00 e. The van der Waals surface area contributed by atoms with Gasteiger partial charge in [-0.25, -0.2) is 16.8 Å². The van der Waals surface area contributed by atoms with E-state index in [0.717, 1.165) is 7.14 Å². The van der Waals surface area contributed by atoms with Crippen LogP contribution in [0.15, 0.2) is 58.3 Å². The van der Waals surface area contributed by atoms with Crippen molar-refractivity contribution in [3.8, 4) is 0 Å². The molecule has 0 radical (unpaired) electrons. The molecule has 0 unspecified atom stereocenters. The van der Waals surface area contributed by atoms with Gasteiger partial charge < -0.3 is 9.11 Å². The molecule has 0 atom stereocenters. The Balaban J connectivity index is 0.000000403. The second-order valence-corrected chi connectivity index (χ2v) is 9.07. The molecule has 0 amide bonds. The Kier molecular flexibility index (Phi) is 9.88. The summed E-state index contributed by atoms with van der Waals surface area (Å²) in [5, 5.41) is 0. The Morgan fingerprint density at radius 3 is 1.00 bits per heavy atom. The van der Waals surface area contributed by atoms with E-state index in [2.05, 4.69) is 0 Å². The third-order valence-electron chi connectivity index (χ3n) is 2.20. The van der Waals surface area contributed by atoms with Gasteiger partial charge in [-0.2, -0.15) is 0 Å². The molecule has 0 heterocycles. The minimum Gasteiger partial charge on any atom is -0.744 e. The van der Waals surface area contributed by atoms with E-state index >= 15 is 0 Å². The van der Waals surface area contributed by atoms with Crippen molar-refractivity contribution in [3.05, 3.63) is 55.7 Å². The van der Waals surface area contributed by atoms with Crippen molar-refractivity contribution in [1.29, 1.82) is 0 Å². The predicted octanol–water partition coefficient (Wildman–Crippen LogP) is 2.39. The van der Waals surface area contributed by atoms with Crippen molar-refractivity contribution in [1.82, 2.24) is 0 Å². The molecule has 0 bridgehead atoms. The van der Waals surface area contributed by atoms with Crippen molar-refractivity contribution in [2.45, 2.75) is 9.79 Å². The first-order valence-corrected chi connectivity index (χ1v) is 10.4. The molecule has 0 aliphatic heterocycles. The number of benzene rings is 2. The van der Waals surface area contributed by atoms with E-state index in [9.17, 15) is 25.9 Å². The molecule has 120 valence electrons. The number of hydrogen-bond donors (Lipinski definition) is 0. The monoisotopic (exact) mass is 630 g/mol. The molecule has 0 aliphatic carbocycles. The molecule has 0 saturated carbocycles. The van der Waals surface area contributed by atoms with E-state index in [4.69, 9.17) is 0 Å². The van der Waals surface area contributed by atoms with Gasteiger partial charge in [0.15, 0.2) is 0 Å². The summed E-state index contributed by atoms with van der Waals surface area (Å²) in [6.07, 6.45) is 0. The second-order valence-electron chi connectivity index (χ2n) is 3.82. The van der Waals surface area contributed by atoms with Crippen LogP contribution in [0.25, 0.3) is 0 Å². The van der Waals surface area contributed by atoms with Gasteiger partial charge in [-0.05, 0) is 93.7 Å². The summed E-state index contributed by atoms with van der Waals surface area (Å²) in [5.41, 5.74) is 0. The first-order chi connectivity index (χ1) is 10.00. The summed E-state index contributed by atoms with van der Waals surface area (Å²) in [4.78, 5) is -0.365. The van der Waals surface area contributed by atoms with Crippen molar-refractivity contribution >= 4 is 65.4 Å². The van der Waals surface area contributed by atoms with Gasteiger partial charge >= 0.3 is 19.5 Å². The Labute approximate surface area is 174 Å². The molecule has 11 heteroatoms. The van der Waals surface area contributed by atoms with Crippen molar-refractivity contribution < 1.29 is 45.4 Å². The number of rotatable bonds is 2. The molecular formula is C12H8I2O6S2Zn. The van der Waals surface area contributed by atoms with Crippen LogP contribution in [0.3, 0.4) is 0 Å². The van der Waals surface area contributed by atoms with Gasteiger partial charge in [0.05, 0.1) is 9.79 Å². The molecule has 0 N–H and O–H groups in total. The zero-order valence-corrected chi connectivity index (χ0v) is 20.3. The van der Waals surface area contributed by atoms with Crippen molar-refractivity contribution in [3.63, 3.8) is 0 Å². The molecule has 0 aliphatic rings. The van der Waals surface area contributed by atoms with Gasteiger partial charge in [-0.15, -0.1) is 0 Å². The van der Waals surface area contributed by atoms with E-state index < -0.39 is 20.2 Å². The first-order valence-electron chi connectivity index (χ1n) is 5.43. The molecule has 0 aromatic heterocycles. The van der Waals surface area contributed by atoms with Gasteiger partial charge in [0.25, 0.3) is 0 Å². The van der Waals surface area contributed by atoms with Crippen molar-refractivity contribution in [2.24, 2.45) is 0 Å². The smallest absolute Gasteiger partial charge is 0.744 e. The van der Waals surface area contributed by atoms with Crippen LogP contribution in [-0.4, -0.2) is 25.9 Å². The quantitative estimate of drug-likeness (QED) is 0.286. The third-order valence-corrected chi connectivity index (χ3v) is 5.34. The van der Waals surface area contributed by atoms with Gasteiger partial charge in [0.2, 0.25) is 0 Å². The Hall–Kier alpha value is 0.343. The number of halogens is 2. The van der Waals surface area contributed by atoms with Crippen LogP contribution in [-0.2, 0) is 39.7 Å². The normalized spacial score (nSPS) is 11.0. The Bertz CT molecular complexity index is 761. The zero-order chi connectivity index (χ0) is 17.0. The first kappa shape index (κ1) is 23.3. The minimum atomic E-state index is -4.27. The summed E-state index contributed by atoms with van der Waals surface area (Å²) >= 11 is 4.06. The van der Waals surface area contributed by atoms with Crippen LogP contribution < -0.4 is 0 Å². The van der Waals surface area contributed by atoms with Crippen LogP contribution in [0.5, 0.6) is 0 Å². The van der Waals surface area contributed by atoms with Crippen LogP contribution in [0, 0.1) is 7.14 Å². The minimum absolute atomic E-state index is 0. The van der Waals surface area contributed by atoms with Crippen molar-refractivity contribution in [2.75, 3.05) is 0 Å². The molecule has 2 rings (SSSR count). The van der Waals surface area contributed by atoms with Crippen LogP contribution >= 0.6 is 45.2 Å².